The van der Waals surface area contributed by atoms with Crippen molar-refractivity contribution in [1.82, 2.24) is 4.57 Å². The quantitative estimate of drug-likeness (QED) is 0.344. The third kappa shape index (κ3) is 2.29. The third-order valence-electron chi connectivity index (χ3n) is 4.71. The van der Waals surface area contributed by atoms with Crippen LogP contribution in [0.5, 0.6) is 0 Å². The van der Waals surface area contributed by atoms with E-state index in [4.69, 9.17) is 0 Å². The predicted octanol–water partition coefficient (Wildman–Crippen LogP) is 6.78. The van der Waals surface area contributed by atoms with Gasteiger partial charge in [-0.3, -0.25) is 0 Å². The molecule has 24 heavy (non-hydrogen) atoms. The van der Waals surface area contributed by atoms with Gasteiger partial charge in [-0.2, -0.15) is 0 Å². The molecule has 0 aliphatic heterocycles. The molecule has 0 unspecified atom stereocenters. The Morgan fingerprint density at radius 1 is 0.667 bits per heavy atom. The summed E-state index contributed by atoms with van der Waals surface area (Å²) in [5, 5.41) is 2.69. The normalized spacial score (nSPS) is 11.5. The van der Waals surface area contributed by atoms with E-state index in [-0.39, 0.29) is 0 Å². The van der Waals surface area contributed by atoms with Gasteiger partial charge in [0, 0.05) is 20.9 Å². The highest BCUT2D eigenvalue weighted by molar-refractivity contribution is 9.10. The van der Waals surface area contributed by atoms with Crippen LogP contribution in [-0.4, -0.2) is 4.57 Å². The fourth-order valence-electron chi connectivity index (χ4n) is 3.88. The monoisotopic (exact) mass is 377 g/mol. The van der Waals surface area contributed by atoms with Crippen LogP contribution in [0.2, 0.25) is 0 Å². The van der Waals surface area contributed by atoms with Gasteiger partial charge in [-0.15, -0.1) is 0 Å². The Morgan fingerprint density at radius 2 is 1.12 bits per heavy atom. The Morgan fingerprint density at radius 3 is 1.58 bits per heavy atom. The molecule has 1 aromatic heterocycles. The van der Waals surface area contributed by atoms with Crippen LogP contribution >= 0.6 is 15.9 Å². The molecule has 4 aromatic rings. The maximum atomic E-state index is 3.55. The molecule has 0 N–H and O–H groups in total. The molecule has 1 heterocycles. The van der Waals surface area contributed by atoms with E-state index in [0.717, 1.165) is 4.47 Å². The van der Waals surface area contributed by atoms with E-state index in [1.54, 1.807) is 0 Å². The van der Waals surface area contributed by atoms with Gasteiger partial charge < -0.3 is 4.57 Å². The van der Waals surface area contributed by atoms with Gasteiger partial charge in [-0.25, -0.2) is 0 Å². The Balaban J connectivity index is 2.27. The summed E-state index contributed by atoms with van der Waals surface area (Å²) in [6, 6.07) is 17.8. The summed E-state index contributed by atoms with van der Waals surface area (Å²) < 4.78 is 3.52. The molecular weight excluding hydrogens is 358 g/mol. The second kappa shape index (κ2) is 5.49. The SMILES string of the molecule is Cc1cc(C)c2c(c1)c1cc(C)cc(C)c1n2-c1ccc(Br)cc1. The lowest BCUT2D eigenvalue weighted by Crippen LogP contribution is -1.97. The second-order valence-electron chi connectivity index (χ2n) is 6.77. The van der Waals surface area contributed by atoms with Crippen molar-refractivity contribution in [2.45, 2.75) is 27.7 Å². The van der Waals surface area contributed by atoms with E-state index in [9.17, 15) is 0 Å². The lowest BCUT2D eigenvalue weighted by atomic mass is 10.0. The first-order valence-electron chi connectivity index (χ1n) is 8.24. The first kappa shape index (κ1) is 15.5. The first-order valence-corrected chi connectivity index (χ1v) is 9.03. The first-order chi connectivity index (χ1) is 11.5. The molecule has 1 nitrogen and oxygen atoms in total. The molecule has 4 rings (SSSR count). The van der Waals surface area contributed by atoms with E-state index in [0.29, 0.717) is 0 Å². The second-order valence-corrected chi connectivity index (χ2v) is 7.68. The van der Waals surface area contributed by atoms with Crippen LogP contribution in [0.15, 0.2) is 53.0 Å². The molecule has 120 valence electrons. The number of nitrogens with zero attached hydrogens (tertiary/aromatic N) is 1. The van der Waals surface area contributed by atoms with Gasteiger partial charge in [0.2, 0.25) is 0 Å². The van der Waals surface area contributed by atoms with Gasteiger partial charge in [0.15, 0.2) is 0 Å². The zero-order chi connectivity index (χ0) is 17.0. The Labute approximate surface area is 151 Å². The van der Waals surface area contributed by atoms with Crippen molar-refractivity contribution < 1.29 is 0 Å². The maximum absolute atomic E-state index is 3.55. The molecule has 0 aliphatic carbocycles. The van der Waals surface area contributed by atoms with E-state index < -0.39 is 0 Å². The van der Waals surface area contributed by atoms with Crippen molar-refractivity contribution in [3.63, 3.8) is 0 Å². The van der Waals surface area contributed by atoms with Crippen molar-refractivity contribution >= 4 is 37.7 Å². The molecule has 0 aliphatic rings. The molecule has 0 radical (unpaired) electrons. The lowest BCUT2D eigenvalue weighted by molar-refractivity contribution is 1.15. The van der Waals surface area contributed by atoms with Crippen molar-refractivity contribution in [3.8, 4) is 5.69 Å². The molecule has 3 aromatic carbocycles. The number of halogens is 1. The van der Waals surface area contributed by atoms with Crippen LogP contribution < -0.4 is 0 Å². The summed E-state index contributed by atoms with van der Waals surface area (Å²) in [7, 11) is 0. The van der Waals surface area contributed by atoms with E-state index >= 15 is 0 Å². The molecule has 0 fully saturated rings. The summed E-state index contributed by atoms with van der Waals surface area (Å²) >= 11 is 3.55. The summed E-state index contributed by atoms with van der Waals surface area (Å²) in [4.78, 5) is 0. The van der Waals surface area contributed by atoms with Crippen LogP contribution in [0, 0.1) is 27.7 Å². The van der Waals surface area contributed by atoms with Crippen LogP contribution in [0.25, 0.3) is 27.5 Å². The van der Waals surface area contributed by atoms with E-state index in [1.165, 1.54) is 49.7 Å². The predicted molar refractivity (Wildman–Crippen MR) is 107 cm³/mol. The minimum Gasteiger partial charge on any atom is -0.309 e. The molecule has 2 heteroatoms. The molecule has 0 saturated carbocycles. The number of aromatic nitrogens is 1. The molecule has 0 spiro atoms. The standard InChI is InChI=1S/C22H20BrN/c1-13-9-15(3)21-19(11-13)20-12-14(2)10-16(4)22(20)24(21)18-7-5-17(23)6-8-18/h5-12H,1-4H3. The highest BCUT2D eigenvalue weighted by Crippen LogP contribution is 2.37. The van der Waals surface area contributed by atoms with E-state index in [1.807, 2.05) is 0 Å². The number of aryl methyl sites for hydroxylation is 4. The number of hydrogen-bond donors (Lipinski definition) is 0. The lowest BCUT2D eigenvalue weighted by Gasteiger charge is -2.11. The van der Waals surface area contributed by atoms with Crippen LogP contribution in [0.4, 0.5) is 0 Å². The average molecular weight is 378 g/mol. The summed E-state index contributed by atoms with van der Waals surface area (Å²) in [6.45, 7) is 8.79. The number of hydrogen-bond acceptors (Lipinski definition) is 0. The van der Waals surface area contributed by atoms with Gasteiger partial charge in [-0.1, -0.05) is 39.2 Å². The maximum Gasteiger partial charge on any atom is 0.0570 e. The topological polar surface area (TPSA) is 4.93 Å². The fraction of sp³-hybridized carbons (Fsp3) is 0.182. The largest absolute Gasteiger partial charge is 0.309 e. The highest BCUT2D eigenvalue weighted by Gasteiger charge is 2.16. The van der Waals surface area contributed by atoms with Gasteiger partial charge in [-0.05, 0) is 75.2 Å². The average Bonchev–Trinajstić information content (AvgIpc) is 2.83. The van der Waals surface area contributed by atoms with Crippen molar-refractivity contribution in [1.29, 1.82) is 0 Å². The van der Waals surface area contributed by atoms with Crippen LogP contribution in [-0.2, 0) is 0 Å². The summed E-state index contributed by atoms with van der Waals surface area (Å²) in [5.41, 5.74) is 9.10. The third-order valence-corrected chi connectivity index (χ3v) is 5.24. The molecule has 0 atom stereocenters. The zero-order valence-corrected chi connectivity index (χ0v) is 16.0. The number of benzene rings is 3. The van der Waals surface area contributed by atoms with E-state index in [2.05, 4.69) is 96.7 Å². The van der Waals surface area contributed by atoms with Crippen LogP contribution in [0.3, 0.4) is 0 Å². The Hall–Kier alpha value is -2.06. The van der Waals surface area contributed by atoms with Gasteiger partial charge in [0.1, 0.15) is 0 Å². The summed E-state index contributed by atoms with van der Waals surface area (Å²) in [5.74, 6) is 0. The van der Waals surface area contributed by atoms with Gasteiger partial charge in [0.05, 0.1) is 11.0 Å². The Bertz CT molecular complexity index is 1020. The zero-order valence-electron chi connectivity index (χ0n) is 14.4. The van der Waals surface area contributed by atoms with Gasteiger partial charge >= 0.3 is 0 Å². The minimum atomic E-state index is 1.10. The van der Waals surface area contributed by atoms with Crippen molar-refractivity contribution in [2.24, 2.45) is 0 Å². The minimum absolute atomic E-state index is 1.10. The molecule has 0 bridgehead atoms. The Kier molecular flexibility index (Phi) is 3.54. The summed E-state index contributed by atoms with van der Waals surface area (Å²) in [6.07, 6.45) is 0. The molecular formula is C22H20BrN. The smallest absolute Gasteiger partial charge is 0.0570 e. The highest BCUT2D eigenvalue weighted by atomic mass is 79.9. The number of fused-ring (bicyclic) bond motifs is 3. The molecule has 0 saturated heterocycles. The van der Waals surface area contributed by atoms with Crippen molar-refractivity contribution in [2.75, 3.05) is 0 Å². The van der Waals surface area contributed by atoms with Gasteiger partial charge in [0.25, 0.3) is 0 Å². The molecule has 0 amide bonds. The van der Waals surface area contributed by atoms with Crippen molar-refractivity contribution in [3.05, 3.63) is 75.3 Å². The fourth-order valence-corrected chi connectivity index (χ4v) is 4.15. The number of rotatable bonds is 1. The van der Waals surface area contributed by atoms with Crippen LogP contribution in [0.1, 0.15) is 22.3 Å².